The van der Waals surface area contributed by atoms with Crippen LogP contribution in [0.25, 0.3) is 0 Å². The Balaban J connectivity index is 2.05. The van der Waals surface area contributed by atoms with Gasteiger partial charge in [0.15, 0.2) is 0 Å². The standard InChI is InChI=1S/C12H15FN2O/c13-10-3-1-9(2-4-10)12(16)15-7-5-11(14)6-8-15/h1-4,11H,5-8,14H2. The number of amides is 1. The van der Waals surface area contributed by atoms with Gasteiger partial charge in [-0.15, -0.1) is 0 Å². The van der Waals surface area contributed by atoms with Crippen molar-refractivity contribution in [2.24, 2.45) is 5.73 Å². The molecule has 1 aliphatic heterocycles. The lowest BCUT2D eigenvalue weighted by Gasteiger charge is -2.30. The number of halogens is 1. The van der Waals surface area contributed by atoms with Gasteiger partial charge in [-0.3, -0.25) is 4.79 Å². The molecule has 0 radical (unpaired) electrons. The molecule has 3 nitrogen and oxygen atoms in total. The van der Waals surface area contributed by atoms with E-state index in [-0.39, 0.29) is 17.8 Å². The minimum absolute atomic E-state index is 0.0353. The summed E-state index contributed by atoms with van der Waals surface area (Å²) in [5.41, 5.74) is 6.31. The normalized spacial score (nSPS) is 17.5. The average Bonchev–Trinajstić information content (AvgIpc) is 2.30. The third kappa shape index (κ3) is 2.39. The first-order valence-electron chi connectivity index (χ1n) is 5.47. The molecule has 1 aromatic carbocycles. The first kappa shape index (κ1) is 11.1. The lowest BCUT2D eigenvalue weighted by Crippen LogP contribution is -2.42. The summed E-state index contributed by atoms with van der Waals surface area (Å²) in [6.45, 7) is 1.38. The van der Waals surface area contributed by atoms with E-state index in [2.05, 4.69) is 0 Å². The molecule has 0 bridgehead atoms. The molecule has 0 spiro atoms. The van der Waals surface area contributed by atoms with Crippen molar-refractivity contribution >= 4 is 5.91 Å². The van der Waals surface area contributed by atoms with E-state index in [1.807, 2.05) is 0 Å². The summed E-state index contributed by atoms with van der Waals surface area (Å²) < 4.78 is 12.7. The molecule has 1 aliphatic rings. The molecule has 2 rings (SSSR count). The van der Waals surface area contributed by atoms with E-state index >= 15 is 0 Å². The molecule has 1 saturated heterocycles. The van der Waals surface area contributed by atoms with Crippen molar-refractivity contribution in [1.82, 2.24) is 4.90 Å². The third-order valence-corrected chi connectivity index (χ3v) is 2.92. The predicted octanol–water partition coefficient (Wildman–Crippen LogP) is 1.39. The summed E-state index contributed by atoms with van der Waals surface area (Å²) in [6.07, 6.45) is 1.68. The van der Waals surface area contributed by atoms with Crippen LogP contribution >= 0.6 is 0 Å². The first-order chi connectivity index (χ1) is 7.66. The van der Waals surface area contributed by atoms with Crippen LogP contribution in [-0.4, -0.2) is 29.9 Å². The second-order valence-electron chi connectivity index (χ2n) is 4.14. The van der Waals surface area contributed by atoms with Crippen LogP contribution in [-0.2, 0) is 0 Å². The lowest BCUT2D eigenvalue weighted by atomic mass is 10.0. The maximum atomic E-state index is 12.7. The summed E-state index contributed by atoms with van der Waals surface area (Å²) in [6, 6.07) is 5.86. The van der Waals surface area contributed by atoms with Gasteiger partial charge in [-0.05, 0) is 37.1 Å². The molecular weight excluding hydrogens is 207 g/mol. The highest BCUT2D eigenvalue weighted by Crippen LogP contribution is 2.13. The SMILES string of the molecule is NC1CCN(C(=O)c2ccc(F)cc2)CC1. The van der Waals surface area contributed by atoms with Crippen LogP contribution in [0.15, 0.2) is 24.3 Å². The zero-order valence-corrected chi connectivity index (χ0v) is 9.03. The Morgan fingerprint density at radius 1 is 1.25 bits per heavy atom. The van der Waals surface area contributed by atoms with Crippen molar-refractivity contribution in [1.29, 1.82) is 0 Å². The van der Waals surface area contributed by atoms with Crippen molar-refractivity contribution in [3.8, 4) is 0 Å². The van der Waals surface area contributed by atoms with Gasteiger partial charge in [0, 0.05) is 24.7 Å². The zero-order valence-electron chi connectivity index (χ0n) is 9.03. The lowest BCUT2D eigenvalue weighted by molar-refractivity contribution is 0.0714. The molecule has 16 heavy (non-hydrogen) atoms. The summed E-state index contributed by atoms with van der Waals surface area (Å²) in [7, 11) is 0. The molecule has 2 N–H and O–H groups in total. The minimum atomic E-state index is -0.322. The maximum Gasteiger partial charge on any atom is 0.253 e. The van der Waals surface area contributed by atoms with Gasteiger partial charge in [0.05, 0.1) is 0 Å². The number of piperidine rings is 1. The van der Waals surface area contributed by atoms with Gasteiger partial charge >= 0.3 is 0 Å². The first-order valence-corrected chi connectivity index (χ1v) is 5.47. The van der Waals surface area contributed by atoms with E-state index in [0.717, 1.165) is 12.8 Å². The molecule has 1 aromatic rings. The Labute approximate surface area is 94.0 Å². The number of likely N-dealkylation sites (tertiary alicyclic amines) is 1. The topological polar surface area (TPSA) is 46.3 Å². The van der Waals surface area contributed by atoms with E-state index in [1.165, 1.54) is 24.3 Å². The molecule has 0 saturated carbocycles. The van der Waals surface area contributed by atoms with Crippen molar-refractivity contribution in [2.75, 3.05) is 13.1 Å². The van der Waals surface area contributed by atoms with Gasteiger partial charge < -0.3 is 10.6 Å². The summed E-state index contributed by atoms with van der Waals surface area (Å²) >= 11 is 0. The third-order valence-electron chi connectivity index (χ3n) is 2.92. The second kappa shape index (κ2) is 4.61. The molecule has 0 unspecified atom stereocenters. The number of benzene rings is 1. The van der Waals surface area contributed by atoms with Crippen molar-refractivity contribution < 1.29 is 9.18 Å². The van der Waals surface area contributed by atoms with Crippen LogP contribution in [0.3, 0.4) is 0 Å². The molecule has 0 aromatic heterocycles. The smallest absolute Gasteiger partial charge is 0.253 e. The van der Waals surface area contributed by atoms with Gasteiger partial charge in [-0.25, -0.2) is 4.39 Å². The molecule has 0 aliphatic carbocycles. The number of hydrogen-bond donors (Lipinski definition) is 1. The van der Waals surface area contributed by atoms with Crippen LogP contribution in [0.4, 0.5) is 4.39 Å². The number of nitrogens with two attached hydrogens (primary N) is 1. The maximum absolute atomic E-state index is 12.7. The number of hydrogen-bond acceptors (Lipinski definition) is 2. The minimum Gasteiger partial charge on any atom is -0.339 e. The summed E-state index contributed by atoms with van der Waals surface area (Å²) in [5, 5.41) is 0. The number of rotatable bonds is 1. The fourth-order valence-electron chi connectivity index (χ4n) is 1.88. The van der Waals surface area contributed by atoms with E-state index in [9.17, 15) is 9.18 Å². The van der Waals surface area contributed by atoms with Gasteiger partial charge in [0.25, 0.3) is 5.91 Å². The highest BCUT2D eigenvalue weighted by Gasteiger charge is 2.21. The van der Waals surface area contributed by atoms with E-state index in [0.29, 0.717) is 18.7 Å². The number of carbonyl (C=O) groups is 1. The molecule has 86 valence electrons. The Hall–Kier alpha value is -1.42. The van der Waals surface area contributed by atoms with Crippen LogP contribution in [0.5, 0.6) is 0 Å². The van der Waals surface area contributed by atoms with Gasteiger partial charge in [-0.2, -0.15) is 0 Å². The Kier molecular flexibility index (Phi) is 3.19. The van der Waals surface area contributed by atoms with Gasteiger partial charge in [-0.1, -0.05) is 0 Å². The van der Waals surface area contributed by atoms with Gasteiger partial charge in [0.1, 0.15) is 5.82 Å². The molecule has 1 fully saturated rings. The van der Waals surface area contributed by atoms with Crippen LogP contribution in [0, 0.1) is 5.82 Å². The predicted molar refractivity (Wildman–Crippen MR) is 59.5 cm³/mol. The molecule has 0 atom stereocenters. The monoisotopic (exact) mass is 222 g/mol. The van der Waals surface area contributed by atoms with Gasteiger partial charge in [0.2, 0.25) is 0 Å². The van der Waals surface area contributed by atoms with E-state index in [1.54, 1.807) is 4.90 Å². The molecule has 4 heteroatoms. The van der Waals surface area contributed by atoms with Crippen molar-refractivity contribution in [3.63, 3.8) is 0 Å². The largest absolute Gasteiger partial charge is 0.339 e. The molecule has 1 heterocycles. The fourth-order valence-corrected chi connectivity index (χ4v) is 1.88. The van der Waals surface area contributed by atoms with Crippen molar-refractivity contribution in [2.45, 2.75) is 18.9 Å². The highest BCUT2D eigenvalue weighted by molar-refractivity contribution is 5.94. The Morgan fingerprint density at radius 3 is 2.38 bits per heavy atom. The average molecular weight is 222 g/mol. The number of carbonyl (C=O) groups excluding carboxylic acids is 1. The zero-order chi connectivity index (χ0) is 11.5. The fraction of sp³-hybridized carbons (Fsp3) is 0.417. The van der Waals surface area contributed by atoms with Crippen LogP contribution in [0.2, 0.25) is 0 Å². The number of nitrogens with zero attached hydrogens (tertiary/aromatic N) is 1. The molecular formula is C12H15FN2O. The van der Waals surface area contributed by atoms with E-state index in [4.69, 9.17) is 5.73 Å². The summed E-state index contributed by atoms with van der Waals surface area (Å²) in [4.78, 5) is 13.8. The van der Waals surface area contributed by atoms with Crippen molar-refractivity contribution in [3.05, 3.63) is 35.6 Å². The van der Waals surface area contributed by atoms with Crippen LogP contribution < -0.4 is 5.73 Å². The highest BCUT2D eigenvalue weighted by atomic mass is 19.1. The quantitative estimate of drug-likeness (QED) is 0.780. The van der Waals surface area contributed by atoms with E-state index < -0.39 is 0 Å². The second-order valence-corrected chi connectivity index (χ2v) is 4.14. The Bertz CT molecular complexity index is 369. The van der Waals surface area contributed by atoms with Crippen LogP contribution in [0.1, 0.15) is 23.2 Å². The molecule has 1 amide bonds. The Morgan fingerprint density at radius 2 is 1.81 bits per heavy atom. The summed E-state index contributed by atoms with van der Waals surface area (Å²) in [5.74, 6) is -0.357.